The number of hydrogen-bond acceptors (Lipinski definition) is 2. The Balaban J connectivity index is 2.43. The van der Waals surface area contributed by atoms with Crippen molar-refractivity contribution in [1.82, 2.24) is 0 Å². The Morgan fingerprint density at radius 2 is 2.24 bits per heavy atom. The van der Waals surface area contributed by atoms with Gasteiger partial charge < -0.3 is 5.11 Å². The molecule has 0 aromatic heterocycles. The van der Waals surface area contributed by atoms with Crippen LogP contribution in [0.2, 0.25) is 0 Å². The highest BCUT2D eigenvalue weighted by molar-refractivity contribution is 6.01. The van der Waals surface area contributed by atoms with Crippen molar-refractivity contribution in [3.05, 3.63) is 23.8 Å². The Kier molecular flexibility index (Phi) is 3.03. The first-order chi connectivity index (χ1) is 7.88. The molecule has 0 saturated heterocycles. The average molecular weight is 234 g/mol. The maximum absolute atomic E-state index is 12.3. The van der Waals surface area contributed by atoms with E-state index in [-0.39, 0.29) is 17.1 Å². The summed E-state index contributed by atoms with van der Waals surface area (Å²) in [5, 5.41) is 10.1. The molecule has 1 fully saturated rings. The zero-order valence-electron chi connectivity index (χ0n) is 11.0. The third-order valence-corrected chi connectivity index (χ3v) is 4.84. The SMILES string of the molecule is C=C(C)[C@H]1C[C@@]2(C)C(=CCC[C@@H]2C)C(=O)[C@@H]1O. The Bertz CT molecular complexity index is 394. The molecule has 94 valence electrons. The molecule has 4 atom stereocenters. The number of aliphatic hydroxyl groups excluding tert-OH is 1. The largest absolute Gasteiger partial charge is 0.384 e. The maximum atomic E-state index is 12.3. The molecule has 2 heteroatoms. The first-order valence-electron chi connectivity index (χ1n) is 6.46. The number of fused-ring (bicyclic) bond motifs is 1. The standard InChI is InChI=1S/C15H22O2/c1-9(2)11-8-15(4)10(3)6-5-7-12(15)14(17)13(11)16/h7,10-11,13,16H,1,5-6,8H2,2-4H3/t10-,11+,13+,15+/m0/s1. The van der Waals surface area contributed by atoms with Gasteiger partial charge in [-0.25, -0.2) is 0 Å². The zero-order valence-corrected chi connectivity index (χ0v) is 11.0. The Hall–Kier alpha value is -0.890. The highest BCUT2D eigenvalue weighted by Crippen LogP contribution is 2.51. The molecule has 0 aliphatic heterocycles. The second-order valence-corrected chi connectivity index (χ2v) is 5.98. The Morgan fingerprint density at radius 1 is 1.59 bits per heavy atom. The maximum Gasteiger partial charge on any atom is 0.188 e. The van der Waals surface area contributed by atoms with Gasteiger partial charge in [-0.2, -0.15) is 0 Å². The van der Waals surface area contributed by atoms with E-state index in [1.165, 1.54) is 0 Å². The van der Waals surface area contributed by atoms with Crippen molar-refractivity contribution in [3.63, 3.8) is 0 Å². The molecule has 0 amide bonds. The molecule has 0 spiro atoms. The van der Waals surface area contributed by atoms with E-state index in [0.29, 0.717) is 5.92 Å². The van der Waals surface area contributed by atoms with E-state index in [0.717, 1.165) is 30.4 Å². The van der Waals surface area contributed by atoms with E-state index in [2.05, 4.69) is 20.4 Å². The predicted molar refractivity (Wildman–Crippen MR) is 68.5 cm³/mol. The van der Waals surface area contributed by atoms with Crippen LogP contribution >= 0.6 is 0 Å². The van der Waals surface area contributed by atoms with Crippen LogP contribution in [0.3, 0.4) is 0 Å². The van der Waals surface area contributed by atoms with Crippen LogP contribution in [0.25, 0.3) is 0 Å². The summed E-state index contributed by atoms with van der Waals surface area (Å²) in [5.74, 6) is 0.351. The van der Waals surface area contributed by atoms with Crippen LogP contribution in [0.4, 0.5) is 0 Å². The monoisotopic (exact) mass is 234 g/mol. The molecule has 0 unspecified atom stereocenters. The Labute approximate surface area is 103 Å². The molecular formula is C15H22O2. The van der Waals surface area contributed by atoms with Crippen LogP contribution in [0.15, 0.2) is 23.8 Å². The summed E-state index contributed by atoms with van der Waals surface area (Å²) in [6, 6.07) is 0. The van der Waals surface area contributed by atoms with Crippen molar-refractivity contribution in [1.29, 1.82) is 0 Å². The molecular weight excluding hydrogens is 212 g/mol. The molecule has 1 N–H and O–H groups in total. The summed E-state index contributed by atoms with van der Waals surface area (Å²) in [6.07, 6.45) is 4.11. The van der Waals surface area contributed by atoms with E-state index in [9.17, 15) is 9.90 Å². The van der Waals surface area contributed by atoms with E-state index in [4.69, 9.17) is 0 Å². The molecule has 1 saturated carbocycles. The quantitative estimate of drug-likeness (QED) is 0.708. The van der Waals surface area contributed by atoms with Gasteiger partial charge in [0.25, 0.3) is 0 Å². The molecule has 2 aliphatic rings. The molecule has 0 heterocycles. The molecule has 0 radical (unpaired) electrons. The van der Waals surface area contributed by atoms with Gasteiger partial charge in [-0.3, -0.25) is 4.79 Å². The van der Waals surface area contributed by atoms with Crippen molar-refractivity contribution in [2.45, 2.75) is 46.1 Å². The summed E-state index contributed by atoms with van der Waals surface area (Å²) in [5.41, 5.74) is 1.71. The highest BCUT2D eigenvalue weighted by Gasteiger charge is 2.49. The number of hydrogen-bond donors (Lipinski definition) is 1. The lowest BCUT2D eigenvalue weighted by molar-refractivity contribution is -0.131. The van der Waals surface area contributed by atoms with Gasteiger partial charge in [-0.1, -0.05) is 32.1 Å². The summed E-state index contributed by atoms with van der Waals surface area (Å²) in [6.45, 7) is 10.2. The van der Waals surface area contributed by atoms with Crippen LogP contribution in [-0.4, -0.2) is 17.0 Å². The third kappa shape index (κ3) is 1.79. The van der Waals surface area contributed by atoms with Gasteiger partial charge in [0.1, 0.15) is 6.10 Å². The number of rotatable bonds is 1. The van der Waals surface area contributed by atoms with Gasteiger partial charge in [0.05, 0.1) is 0 Å². The molecule has 0 aromatic rings. The number of carbonyl (C=O) groups excluding carboxylic acids is 1. The van der Waals surface area contributed by atoms with Crippen molar-refractivity contribution >= 4 is 5.78 Å². The van der Waals surface area contributed by atoms with Gasteiger partial charge >= 0.3 is 0 Å². The van der Waals surface area contributed by atoms with E-state index in [1.807, 2.05) is 13.0 Å². The van der Waals surface area contributed by atoms with E-state index in [1.54, 1.807) is 0 Å². The lowest BCUT2D eigenvalue weighted by Crippen LogP contribution is -2.48. The Morgan fingerprint density at radius 3 is 2.82 bits per heavy atom. The lowest BCUT2D eigenvalue weighted by Gasteiger charge is -2.48. The summed E-state index contributed by atoms with van der Waals surface area (Å²) >= 11 is 0. The minimum atomic E-state index is -0.878. The topological polar surface area (TPSA) is 37.3 Å². The molecule has 2 rings (SSSR count). The number of allylic oxidation sites excluding steroid dienone is 1. The fourth-order valence-electron chi connectivity index (χ4n) is 3.34. The third-order valence-electron chi connectivity index (χ3n) is 4.84. The smallest absolute Gasteiger partial charge is 0.188 e. The van der Waals surface area contributed by atoms with Gasteiger partial charge in [-0.15, -0.1) is 0 Å². The van der Waals surface area contributed by atoms with Crippen molar-refractivity contribution < 1.29 is 9.90 Å². The second kappa shape index (κ2) is 4.09. The normalized spacial score (nSPS) is 41.8. The van der Waals surface area contributed by atoms with Gasteiger partial charge in [0, 0.05) is 11.5 Å². The first-order valence-corrected chi connectivity index (χ1v) is 6.46. The molecule has 0 aromatic carbocycles. The summed E-state index contributed by atoms with van der Waals surface area (Å²) in [4.78, 5) is 12.3. The fourth-order valence-corrected chi connectivity index (χ4v) is 3.34. The average Bonchev–Trinajstić information content (AvgIpc) is 2.26. The van der Waals surface area contributed by atoms with Crippen LogP contribution in [0, 0.1) is 17.3 Å². The van der Waals surface area contributed by atoms with Crippen molar-refractivity contribution in [2.75, 3.05) is 0 Å². The summed E-state index contributed by atoms with van der Waals surface area (Å²) < 4.78 is 0. The van der Waals surface area contributed by atoms with Crippen molar-refractivity contribution in [3.8, 4) is 0 Å². The molecule has 2 aliphatic carbocycles. The van der Waals surface area contributed by atoms with E-state index < -0.39 is 6.10 Å². The minimum Gasteiger partial charge on any atom is -0.384 e. The number of Topliss-reactive ketones (excluding diaryl/α,β-unsaturated/α-hetero) is 1. The number of aliphatic hydroxyl groups is 1. The first kappa shape index (κ1) is 12.6. The van der Waals surface area contributed by atoms with E-state index >= 15 is 0 Å². The van der Waals surface area contributed by atoms with Crippen LogP contribution in [-0.2, 0) is 4.79 Å². The van der Waals surface area contributed by atoms with Gasteiger partial charge in [0.2, 0.25) is 0 Å². The van der Waals surface area contributed by atoms with Crippen LogP contribution in [0.5, 0.6) is 0 Å². The second-order valence-electron chi connectivity index (χ2n) is 5.98. The number of ketones is 1. The predicted octanol–water partition coefficient (Wildman–Crippen LogP) is 2.88. The summed E-state index contributed by atoms with van der Waals surface area (Å²) in [7, 11) is 0. The number of carbonyl (C=O) groups is 1. The van der Waals surface area contributed by atoms with Crippen LogP contribution in [0.1, 0.15) is 40.0 Å². The van der Waals surface area contributed by atoms with Gasteiger partial charge in [-0.05, 0) is 37.5 Å². The molecule has 17 heavy (non-hydrogen) atoms. The lowest BCUT2D eigenvalue weighted by atomic mass is 9.56. The molecule has 0 bridgehead atoms. The van der Waals surface area contributed by atoms with Crippen LogP contribution < -0.4 is 0 Å². The molecule has 2 nitrogen and oxygen atoms in total. The minimum absolute atomic E-state index is 0.0710. The van der Waals surface area contributed by atoms with Gasteiger partial charge in [0.15, 0.2) is 5.78 Å². The fraction of sp³-hybridized carbons (Fsp3) is 0.667. The van der Waals surface area contributed by atoms with Crippen molar-refractivity contribution in [2.24, 2.45) is 17.3 Å². The highest BCUT2D eigenvalue weighted by atomic mass is 16.3. The zero-order chi connectivity index (χ0) is 12.8.